The molecular formula is C15H19F3N2O. The van der Waals surface area contributed by atoms with Gasteiger partial charge in [-0.15, -0.1) is 0 Å². The first-order chi connectivity index (χ1) is 9.77. The van der Waals surface area contributed by atoms with E-state index >= 15 is 0 Å². The lowest BCUT2D eigenvalue weighted by Crippen LogP contribution is -2.50. The number of carbonyl (C=O) groups is 1. The Morgan fingerprint density at radius 1 is 1.19 bits per heavy atom. The molecule has 6 heteroatoms. The number of piperazine rings is 1. The van der Waals surface area contributed by atoms with Crippen molar-refractivity contribution in [1.29, 1.82) is 0 Å². The Bertz CT molecular complexity index is 499. The second-order valence-corrected chi connectivity index (χ2v) is 5.60. The molecule has 0 radical (unpaired) electrons. The Kier molecular flexibility index (Phi) is 4.68. The standard InChI is InChI=1S/C15H19F3N2O/c1-19-7-8-20(2)13(10-19)9-14(21)11-3-5-12(6-4-11)15(16,17)18/h3-6,13H,7-10H2,1-2H3. The van der Waals surface area contributed by atoms with E-state index in [0.29, 0.717) is 12.0 Å². The normalized spacial score (nSPS) is 21.5. The quantitative estimate of drug-likeness (QED) is 0.802. The van der Waals surface area contributed by atoms with E-state index in [1.54, 1.807) is 0 Å². The molecule has 0 saturated carbocycles. The number of alkyl halides is 3. The van der Waals surface area contributed by atoms with E-state index in [9.17, 15) is 18.0 Å². The van der Waals surface area contributed by atoms with Gasteiger partial charge in [0.1, 0.15) is 0 Å². The second-order valence-electron chi connectivity index (χ2n) is 5.60. The first-order valence-electron chi connectivity index (χ1n) is 6.86. The van der Waals surface area contributed by atoms with Crippen LogP contribution >= 0.6 is 0 Å². The van der Waals surface area contributed by atoms with Gasteiger partial charge in [0.15, 0.2) is 5.78 Å². The lowest BCUT2D eigenvalue weighted by Gasteiger charge is -2.37. The fourth-order valence-electron chi connectivity index (χ4n) is 2.50. The van der Waals surface area contributed by atoms with Crippen molar-refractivity contribution >= 4 is 5.78 Å². The molecule has 1 atom stereocenters. The Morgan fingerprint density at radius 2 is 1.81 bits per heavy atom. The summed E-state index contributed by atoms with van der Waals surface area (Å²) in [5, 5.41) is 0. The van der Waals surface area contributed by atoms with Gasteiger partial charge < -0.3 is 9.80 Å². The van der Waals surface area contributed by atoms with Crippen LogP contribution in [-0.4, -0.2) is 55.4 Å². The van der Waals surface area contributed by atoms with Gasteiger partial charge >= 0.3 is 6.18 Å². The molecule has 1 aliphatic heterocycles. The number of Topliss-reactive ketones (excluding diaryl/α,β-unsaturated/α-hetero) is 1. The van der Waals surface area contributed by atoms with Crippen LogP contribution in [0.5, 0.6) is 0 Å². The van der Waals surface area contributed by atoms with Crippen molar-refractivity contribution in [2.45, 2.75) is 18.6 Å². The van der Waals surface area contributed by atoms with Crippen LogP contribution < -0.4 is 0 Å². The molecule has 116 valence electrons. The van der Waals surface area contributed by atoms with Gasteiger partial charge in [0.25, 0.3) is 0 Å². The number of benzene rings is 1. The highest BCUT2D eigenvalue weighted by Gasteiger charge is 2.30. The van der Waals surface area contributed by atoms with Crippen molar-refractivity contribution in [3.63, 3.8) is 0 Å². The molecule has 0 spiro atoms. The maximum atomic E-state index is 12.5. The van der Waals surface area contributed by atoms with Crippen LogP contribution in [0.25, 0.3) is 0 Å². The topological polar surface area (TPSA) is 23.6 Å². The lowest BCUT2D eigenvalue weighted by molar-refractivity contribution is -0.137. The minimum atomic E-state index is -4.37. The molecule has 1 aromatic rings. The summed E-state index contributed by atoms with van der Waals surface area (Å²) in [5.41, 5.74) is -0.391. The first kappa shape index (κ1) is 16.0. The summed E-state index contributed by atoms with van der Waals surface area (Å²) in [6.07, 6.45) is -4.04. The van der Waals surface area contributed by atoms with Crippen LogP contribution in [0.15, 0.2) is 24.3 Å². The monoisotopic (exact) mass is 300 g/mol. The van der Waals surface area contributed by atoms with Gasteiger partial charge in [-0.1, -0.05) is 12.1 Å². The van der Waals surface area contributed by atoms with Crippen LogP contribution in [0.4, 0.5) is 13.2 Å². The summed E-state index contributed by atoms with van der Waals surface area (Å²) < 4.78 is 37.5. The molecular weight excluding hydrogens is 281 g/mol. The van der Waals surface area contributed by atoms with E-state index in [-0.39, 0.29) is 11.8 Å². The van der Waals surface area contributed by atoms with Gasteiger partial charge in [-0.2, -0.15) is 13.2 Å². The molecule has 0 amide bonds. The van der Waals surface area contributed by atoms with E-state index in [2.05, 4.69) is 9.80 Å². The molecule has 1 aromatic carbocycles. The van der Waals surface area contributed by atoms with Crippen molar-refractivity contribution in [1.82, 2.24) is 9.80 Å². The van der Waals surface area contributed by atoms with E-state index in [1.807, 2.05) is 14.1 Å². The number of hydrogen-bond donors (Lipinski definition) is 0. The van der Waals surface area contributed by atoms with Crippen molar-refractivity contribution in [2.75, 3.05) is 33.7 Å². The molecule has 1 unspecified atom stereocenters. The predicted octanol–water partition coefficient (Wildman–Crippen LogP) is 2.52. The third kappa shape index (κ3) is 4.04. The average Bonchev–Trinajstić information content (AvgIpc) is 2.42. The van der Waals surface area contributed by atoms with Crippen molar-refractivity contribution in [3.8, 4) is 0 Å². The number of nitrogens with zero attached hydrogens (tertiary/aromatic N) is 2. The summed E-state index contributed by atoms with van der Waals surface area (Å²) in [6.45, 7) is 2.64. The maximum absolute atomic E-state index is 12.5. The van der Waals surface area contributed by atoms with Crippen molar-refractivity contribution in [2.24, 2.45) is 0 Å². The molecule has 1 heterocycles. The minimum absolute atomic E-state index is 0.110. The lowest BCUT2D eigenvalue weighted by atomic mass is 10.00. The maximum Gasteiger partial charge on any atom is 0.416 e. The highest BCUT2D eigenvalue weighted by Crippen LogP contribution is 2.29. The molecule has 0 aromatic heterocycles. The molecule has 0 aliphatic carbocycles. The third-order valence-corrected chi connectivity index (χ3v) is 3.94. The highest BCUT2D eigenvalue weighted by molar-refractivity contribution is 5.96. The smallest absolute Gasteiger partial charge is 0.304 e. The van der Waals surface area contributed by atoms with Crippen LogP contribution in [0, 0.1) is 0 Å². The van der Waals surface area contributed by atoms with Crippen LogP contribution in [0.3, 0.4) is 0 Å². The Morgan fingerprint density at radius 3 is 2.38 bits per heavy atom. The molecule has 0 N–H and O–H groups in total. The number of rotatable bonds is 3. The molecule has 3 nitrogen and oxygen atoms in total. The van der Waals surface area contributed by atoms with Crippen LogP contribution in [0.2, 0.25) is 0 Å². The Balaban J connectivity index is 2.03. The van der Waals surface area contributed by atoms with Gasteiger partial charge in [-0.25, -0.2) is 0 Å². The van der Waals surface area contributed by atoms with Crippen LogP contribution in [0.1, 0.15) is 22.3 Å². The number of halogens is 3. The molecule has 2 rings (SSSR count). The Labute approximate surface area is 122 Å². The molecule has 1 fully saturated rings. The summed E-state index contributed by atoms with van der Waals surface area (Å²) in [5.74, 6) is -0.115. The summed E-state index contributed by atoms with van der Waals surface area (Å²) in [7, 11) is 3.97. The largest absolute Gasteiger partial charge is 0.416 e. The highest BCUT2D eigenvalue weighted by atomic mass is 19.4. The fourth-order valence-corrected chi connectivity index (χ4v) is 2.50. The van der Waals surface area contributed by atoms with Gasteiger partial charge in [-0.3, -0.25) is 4.79 Å². The third-order valence-electron chi connectivity index (χ3n) is 3.94. The minimum Gasteiger partial charge on any atom is -0.304 e. The number of hydrogen-bond acceptors (Lipinski definition) is 3. The average molecular weight is 300 g/mol. The van der Waals surface area contributed by atoms with Crippen LogP contribution in [-0.2, 0) is 6.18 Å². The van der Waals surface area contributed by atoms with Crippen molar-refractivity contribution < 1.29 is 18.0 Å². The molecule has 1 aliphatic rings. The predicted molar refractivity (Wildman–Crippen MR) is 74.3 cm³/mol. The zero-order valence-corrected chi connectivity index (χ0v) is 12.2. The SMILES string of the molecule is CN1CCN(C)C(CC(=O)c2ccc(C(F)(F)F)cc2)C1. The van der Waals surface area contributed by atoms with E-state index in [1.165, 1.54) is 12.1 Å². The van der Waals surface area contributed by atoms with E-state index in [0.717, 1.165) is 31.8 Å². The zero-order valence-electron chi connectivity index (χ0n) is 12.2. The molecule has 1 saturated heterocycles. The summed E-state index contributed by atoms with van der Waals surface area (Å²) >= 11 is 0. The zero-order chi connectivity index (χ0) is 15.6. The fraction of sp³-hybridized carbons (Fsp3) is 0.533. The number of carbonyl (C=O) groups excluding carboxylic acids is 1. The molecule has 0 bridgehead atoms. The van der Waals surface area contributed by atoms with Gasteiger partial charge in [0.2, 0.25) is 0 Å². The number of likely N-dealkylation sites (N-methyl/N-ethyl adjacent to an activating group) is 2. The van der Waals surface area contributed by atoms with Gasteiger partial charge in [0.05, 0.1) is 5.56 Å². The van der Waals surface area contributed by atoms with Gasteiger partial charge in [-0.05, 0) is 26.2 Å². The first-order valence-corrected chi connectivity index (χ1v) is 6.86. The van der Waals surface area contributed by atoms with E-state index in [4.69, 9.17) is 0 Å². The summed E-state index contributed by atoms with van der Waals surface area (Å²) in [4.78, 5) is 16.5. The second kappa shape index (κ2) is 6.15. The molecule has 21 heavy (non-hydrogen) atoms. The number of ketones is 1. The van der Waals surface area contributed by atoms with Crippen molar-refractivity contribution in [3.05, 3.63) is 35.4 Å². The Hall–Kier alpha value is -1.40. The summed E-state index contributed by atoms with van der Waals surface area (Å²) in [6, 6.07) is 4.56. The van der Waals surface area contributed by atoms with E-state index < -0.39 is 11.7 Å². The van der Waals surface area contributed by atoms with Gasteiger partial charge in [0, 0.05) is 37.7 Å².